The minimum atomic E-state index is -1.11. The number of nitrogens with one attached hydrogen (secondary N) is 1. The van der Waals surface area contributed by atoms with E-state index in [1.165, 1.54) is 19.1 Å². The average Bonchev–Trinajstić information content (AvgIpc) is 2.20. The molecular formula is C11H8BrNO3. The summed E-state index contributed by atoms with van der Waals surface area (Å²) in [6, 6.07) is 4.56. The largest absolute Gasteiger partial charge is 0.478 e. The molecule has 0 aromatic heterocycles. The Morgan fingerprint density at radius 3 is 2.69 bits per heavy atom. The third-order valence-electron chi connectivity index (χ3n) is 1.70. The van der Waals surface area contributed by atoms with E-state index in [1.807, 2.05) is 0 Å². The molecule has 0 aliphatic heterocycles. The molecule has 2 N–H and O–H groups in total. The highest BCUT2D eigenvalue weighted by Gasteiger charge is 2.11. The van der Waals surface area contributed by atoms with Crippen LogP contribution in [0.3, 0.4) is 0 Å². The Bertz CT molecular complexity index is 500. The Morgan fingerprint density at radius 2 is 2.12 bits per heavy atom. The van der Waals surface area contributed by atoms with Crippen molar-refractivity contribution >= 4 is 33.5 Å². The number of anilines is 1. The fourth-order valence-corrected chi connectivity index (χ4v) is 1.43. The smallest absolute Gasteiger partial charge is 0.337 e. The molecule has 1 amide bonds. The number of carboxylic acid groups (broad SMARTS) is 1. The lowest BCUT2D eigenvalue weighted by atomic mass is 10.2. The van der Waals surface area contributed by atoms with Gasteiger partial charge < -0.3 is 10.4 Å². The quantitative estimate of drug-likeness (QED) is 0.816. The van der Waals surface area contributed by atoms with Gasteiger partial charge in [-0.3, -0.25) is 4.79 Å². The van der Waals surface area contributed by atoms with Crippen LogP contribution in [0.25, 0.3) is 0 Å². The van der Waals surface area contributed by atoms with Crippen molar-refractivity contribution in [2.45, 2.75) is 6.92 Å². The first kappa shape index (κ1) is 12.3. The molecule has 4 nitrogen and oxygen atoms in total. The van der Waals surface area contributed by atoms with Gasteiger partial charge in [0.2, 0.25) is 0 Å². The second kappa shape index (κ2) is 5.33. The van der Waals surface area contributed by atoms with Gasteiger partial charge in [0, 0.05) is 4.47 Å². The first-order valence-corrected chi connectivity index (χ1v) is 5.10. The molecule has 0 bridgehead atoms. The van der Waals surface area contributed by atoms with Crippen molar-refractivity contribution in [1.82, 2.24) is 0 Å². The lowest BCUT2D eigenvalue weighted by Gasteiger charge is -2.05. The van der Waals surface area contributed by atoms with Crippen molar-refractivity contribution in [3.05, 3.63) is 28.2 Å². The highest BCUT2D eigenvalue weighted by Crippen LogP contribution is 2.20. The van der Waals surface area contributed by atoms with E-state index in [0.717, 1.165) is 0 Å². The third-order valence-corrected chi connectivity index (χ3v) is 2.19. The normalized spacial score (nSPS) is 8.88. The van der Waals surface area contributed by atoms with E-state index in [4.69, 9.17) is 5.11 Å². The summed E-state index contributed by atoms with van der Waals surface area (Å²) in [4.78, 5) is 22.1. The van der Waals surface area contributed by atoms with Crippen LogP contribution in [-0.4, -0.2) is 17.0 Å². The number of amides is 1. The number of carbonyl (C=O) groups is 2. The minimum Gasteiger partial charge on any atom is -0.478 e. The summed E-state index contributed by atoms with van der Waals surface area (Å²) in [6.07, 6.45) is 0. The van der Waals surface area contributed by atoms with Crippen LogP contribution in [0.4, 0.5) is 5.69 Å². The molecule has 0 fully saturated rings. The fourth-order valence-electron chi connectivity index (χ4n) is 1.07. The van der Waals surface area contributed by atoms with E-state index in [1.54, 1.807) is 6.07 Å². The zero-order valence-electron chi connectivity index (χ0n) is 8.37. The summed E-state index contributed by atoms with van der Waals surface area (Å²) >= 11 is 3.16. The van der Waals surface area contributed by atoms with Gasteiger partial charge in [-0.1, -0.05) is 21.9 Å². The Kier molecular flexibility index (Phi) is 4.09. The molecule has 0 spiro atoms. The van der Waals surface area contributed by atoms with E-state index in [-0.39, 0.29) is 11.3 Å². The molecule has 16 heavy (non-hydrogen) atoms. The van der Waals surface area contributed by atoms with Gasteiger partial charge in [0.25, 0.3) is 5.91 Å². The summed E-state index contributed by atoms with van der Waals surface area (Å²) in [7, 11) is 0. The lowest BCUT2D eigenvalue weighted by Crippen LogP contribution is -2.12. The Balaban J connectivity index is 3.07. The van der Waals surface area contributed by atoms with Crippen molar-refractivity contribution in [1.29, 1.82) is 0 Å². The van der Waals surface area contributed by atoms with E-state index in [2.05, 4.69) is 33.1 Å². The van der Waals surface area contributed by atoms with Crippen LogP contribution < -0.4 is 5.32 Å². The fraction of sp³-hybridized carbons (Fsp3) is 0.0909. The molecule has 0 radical (unpaired) electrons. The van der Waals surface area contributed by atoms with Crippen LogP contribution in [-0.2, 0) is 4.79 Å². The number of hydrogen-bond acceptors (Lipinski definition) is 2. The number of carbonyl (C=O) groups excluding carboxylic acids is 1. The number of aromatic carboxylic acids is 1. The summed E-state index contributed by atoms with van der Waals surface area (Å²) in [5.41, 5.74) is 0.240. The maximum Gasteiger partial charge on any atom is 0.337 e. The number of benzene rings is 1. The van der Waals surface area contributed by atoms with Crippen molar-refractivity contribution in [3.63, 3.8) is 0 Å². The van der Waals surface area contributed by atoms with E-state index >= 15 is 0 Å². The number of hydrogen-bond donors (Lipinski definition) is 2. The Morgan fingerprint density at radius 1 is 1.44 bits per heavy atom. The van der Waals surface area contributed by atoms with Gasteiger partial charge in [-0.2, -0.15) is 0 Å². The third kappa shape index (κ3) is 3.11. The number of halogens is 1. The molecule has 0 aliphatic rings. The number of rotatable bonds is 2. The van der Waals surface area contributed by atoms with Crippen molar-refractivity contribution in [2.75, 3.05) is 5.32 Å². The van der Waals surface area contributed by atoms with Gasteiger partial charge in [0.15, 0.2) is 0 Å². The molecular weight excluding hydrogens is 274 g/mol. The van der Waals surface area contributed by atoms with Crippen LogP contribution in [0, 0.1) is 11.8 Å². The molecule has 5 heteroatoms. The van der Waals surface area contributed by atoms with Gasteiger partial charge in [0.05, 0.1) is 11.3 Å². The van der Waals surface area contributed by atoms with E-state index in [0.29, 0.717) is 4.47 Å². The van der Waals surface area contributed by atoms with Crippen LogP contribution >= 0.6 is 15.9 Å². The lowest BCUT2D eigenvalue weighted by molar-refractivity contribution is -0.111. The predicted molar refractivity (Wildman–Crippen MR) is 63.2 cm³/mol. The van der Waals surface area contributed by atoms with Gasteiger partial charge in [0.1, 0.15) is 0 Å². The molecule has 0 saturated carbocycles. The van der Waals surface area contributed by atoms with Crippen molar-refractivity contribution < 1.29 is 14.7 Å². The zero-order valence-corrected chi connectivity index (χ0v) is 9.96. The molecule has 82 valence electrons. The summed E-state index contributed by atoms with van der Waals surface area (Å²) < 4.78 is 0.629. The molecule has 0 aliphatic carbocycles. The summed E-state index contributed by atoms with van der Waals surface area (Å²) in [5.74, 6) is 3.05. The standard InChI is InChI=1S/C11H8BrNO3/c1-2-3-10(14)13-9-5-4-7(12)6-8(9)11(15)16/h4-6H,1H3,(H,13,14)(H,15,16). The highest BCUT2D eigenvalue weighted by molar-refractivity contribution is 9.10. The van der Waals surface area contributed by atoms with Gasteiger partial charge in [-0.25, -0.2) is 4.79 Å². The molecule has 1 aromatic rings. The molecule has 0 unspecified atom stereocenters. The predicted octanol–water partition coefficient (Wildman–Crippen LogP) is 2.11. The summed E-state index contributed by atoms with van der Waals surface area (Å²) in [5, 5.41) is 11.3. The van der Waals surface area contributed by atoms with E-state index < -0.39 is 11.9 Å². The van der Waals surface area contributed by atoms with Crippen molar-refractivity contribution in [3.8, 4) is 11.8 Å². The van der Waals surface area contributed by atoms with E-state index in [9.17, 15) is 9.59 Å². The second-order valence-corrected chi connectivity index (χ2v) is 3.74. The minimum absolute atomic E-state index is 0.0145. The van der Waals surface area contributed by atoms with Crippen LogP contribution in [0.5, 0.6) is 0 Å². The molecule has 0 heterocycles. The summed E-state index contributed by atoms with van der Waals surface area (Å²) in [6.45, 7) is 1.53. The molecule has 1 rings (SSSR count). The first-order valence-electron chi connectivity index (χ1n) is 4.31. The zero-order chi connectivity index (χ0) is 12.1. The second-order valence-electron chi connectivity index (χ2n) is 2.82. The van der Waals surface area contributed by atoms with Gasteiger partial charge in [-0.15, -0.1) is 0 Å². The van der Waals surface area contributed by atoms with Crippen molar-refractivity contribution in [2.24, 2.45) is 0 Å². The monoisotopic (exact) mass is 281 g/mol. The SMILES string of the molecule is CC#CC(=O)Nc1ccc(Br)cc1C(=O)O. The van der Waals surface area contributed by atoms with Crippen LogP contribution in [0.1, 0.15) is 17.3 Å². The van der Waals surface area contributed by atoms with Gasteiger partial charge >= 0.3 is 5.97 Å². The molecule has 0 saturated heterocycles. The maximum absolute atomic E-state index is 11.2. The maximum atomic E-state index is 11.2. The first-order chi connectivity index (χ1) is 7.54. The molecule has 0 atom stereocenters. The topological polar surface area (TPSA) is 66.4 Å². The Labute approximate surface area is 101 Å². The highest BCUT2D eigenvalue weighted by atomic mass is 79.9. The Hall–Kier alpha value is -1.80. The van der Waals surface area contributed by atoms with Crippen LogP contribution in [0.15, 0.2) is 22.7 Å². The van der Waals surface area contributed by atoms with Gasteiger partial charge in [-0.05, 0) is 31.0 Å². The number of carboxylic acids is 1. The van der Waals surface area contributed by atoms with Crippen LogP contribution in [0.2, 0.25) is 0 Å². The molecule has 1 aromatic carbocycles. The average molecular weight is 282 g/mol.